The molecule has 0 aliphatic rings. The highest BCUT2D eigenvalue weighted by Gasteiger charge is 2.11. The van der Waals surface area contributed by atoms with E-state index in [0.717, 1.165) is 23.2 Å². The molecule has 2 rings (SSSR count). The predicted molar refractivity (Wildman–Crippen MR) is 70.0 cm³/mol. The minimum atomic E-state index is -0.500. The molecule has 0 amide bonds. The molecule has 102 valence electrons. The quantitative estimate of drug-likeness (QED) is 0.450. The Labute approximate surface area is 114 Å². The summed E-state index contributed by atoms with van der Waals surface area (Å²) in [6.07, 6.45) is 2.45. The second-order valence-electron chi connectivity index (χ2n) is 3.85. The van der Waals surface area contributed by atoms with Crippen LogP contribution in [0.15, 0.2) is 17.4 Å². The molecule has 8 nitrogen and oxygen atoms in total. The second kappa shape index (κ2) is 5.83. The van der Waals surface area contributed by atoms with Crippen LogP contribution in [-0.4, -0.2) is 35.2 Å². The maximum absolute atomic E-state index is 10.5. The number of nitro groups is 1. The van der Waals surface area contributed by atoms with Crippen molar-refractivity contribution < 1.29 is 4.92 Å². The van der Waals surface area contributed by atoms with Crippen molar-refractivity contribution in [3.8, 4) is 0 Å². The minimum absolute atomic E-state index is 0.128. The molecule has 0 aromatic carbocycles. The highest BCUT2D eigenvalue weighted by molar-refractivity contribution is 7.99. The summed E-state index contributed by atoms with van der Waals surface area (Å²) < 4.78 is 3.51. The lowest BCUT2D eigenvalue weighted by Gasteiger charge is -2.01. The van der Waals surface area contributed by atoms with Gasteiger partial charge in [0.25, 0.3) is 0 Å². The highest BCUT2D eigenvalue weighted by Crippen LogP contribution is 2.16. The van der Waals surface area contributed by atoms with Crippen molar-refractivity contribution in [3.63, 3.8) is 0 Å². The number of hydrogen-bond donors (Lipinski definition) is 0. The Morgan fingerprint density at radius 1 is 1.47 bits per heavy atom. The third kappa shape index (κ3) is 3.11. The molecule has 0 atom stereocenters. The molecule has 0 saturated heterocycles. The van der Waals surface area contributed by atoms with E-state index in [-0.39, 0.29) is 5.82 Å². The maximum atomic E-state index is 10.5. The van der Waals surface area contributed by atoms with E-state index >= 15 is 0 Å². The van der Waals surface area contributed by atoms with Crippen molar-refractivity contribution in [2.24, 2.45) is 7.05 Å². The first-order valence-corrected chi connectivity index (χ1v) is 6.79. The molecule has 0 unspecified atom stereocenters. The first-order valence-electron chi connectivity index (χ1n) is 5.80. The van der Waals surface area contributed by atoms with Gasteiger partial charge in [-0.2, -0.15) is 4.68 Å². The van der Waals surface area contributed by atoms with Crippen LogP contribution in [-0.2, 0) is 20.0 Å². The maximum Gasteiger partial charge on any atom is 0.389 e. The summed E-state index contributed by atoms with van der Waals surface area (Å²) in [6, 6.07) is 1.39. The molecule has 2 aromatic heterocycles. The van der Waals surface area contributed by atoms with Gasteiger partial charge in [0, 0.05) is 19.2 Å². The fourth-order valence-electron chi connectivity index (χ4n) is 1.58. The molecule has 0 aliphatic carbocycles. The number of thioether (sulfide) groups is 1. The summed E-state index contributed by atoms with van der Waals surface area (Å²) >= 11 is 1.55. The van der Waals surface area contributed by atoms with Gasteiger partial charge in [-0.1, -0.05) is 18.7 Å². The van der Waals surface area contributed by atoms with E-state index in [9.17, 15) is 10.1 Å². The molecule has 0 fully saturated rings. The summed E-state index contributed by atoms with van der Waals surface area (Å²) in [5.74, 6) is 1.54. The van der Waals surface area contributed by atoms with Gasteiger partial charge in [-0.3, -0.25) is 0 Å². The summed E-state index contributed by atoms with van der Waals surface area (Å²) in [4.78, 5) is 9.99. The monoisotopic (exact) mass is 282 g/mol. The van der Waals surface area contributed by atoms with Crippen molar-refractivity contribution in [1.82, 2.24) is 24.5 Å². The Balaban J connectivity index is 1.88. The predicted octanol–water partition coefficient (Wildman–Crippen LogP) is 1.27. The molecule has 19 heavy (non-hydrogen) atoms. The van der Waals surface area contributed by atoms with Gasteiger partial charge in [0.1, 0.15) is 5.82 Å². The zero-order chi connectivity index (χ0) is 13.8. The molecule has 0 radical (unpaired) electrons. The van der Waals surface area contributed by atoms with Gasteiger partial charge in [0.05, 0.1) is 23.9 Å². The molecule has 0 saturated carbocycles. The molecular formula is C10H14N6O2S. The number of aromatic nitrogens is 5. The van der Waals surface area contributed by atoms with Crippen molar-refractivity contribution in [1.29, 1.82) is 0 Å². The van der Waals surface area contributed by atoms with Crippen molar-refractivity contribution >= 4 is 17.6 Å². The molecule has 0 aliphatic heterocycles. The lowest BCUT2D eigenvalue weighted by atomic mass is 10.5. The zero-order valence-corrected chi connectivity index (χ0v) is 11.5. The van der Waals surface area contributed by atoms with Gasteiger partial charge in [-0.25, -0.2) is 0 Å². The number of aryl methyl sites for hydroxylation is 2. The summed E-state index contributed by atoms with van der Waals surface area (Å²) in [7, 11) is 1.93. The fourth-order valence-corrected chi connectivity index (χ4v) is 2.44. The van der Waals surface area contributed by atoms with Crippen molar-refractivity contribution in [2.45, 2.75) is 25.0 Å². The van der Waals surface area contributed by atoms with Crippen molar-refractivity contribution in [3.05, 3.63) is 28.2 Å². The Bertz CT molecular complexity index is 578. The summed E-state index contributed by atoms with van der Waals surface area (Å²) in [5, 5.41) is 23.3. The SMILES string of the molecule is CCc1nnc(SCCn2ccc([N+](=O)[O-])n2)n1C. The number of hydrogen-bond acceptors (Lipinski definition) is 6. The van der Waals surface area contributed by atoms with E-state index in [0.29, 0.717) is 6.54 Å². The Morgan fingerprint density at radius 3 is 2.84 bits per heavy atom. The van der Waals surface area contributed by atoms with Crippen LogP contribution in [0.3, 0.4) is 0 Å². The highest BCUT2D eigenvalue weighted by atomic mass is 32.2. The van der Waals surface area contributed by atoms with Crippen LogP contribution < -0.4 is 0 Å². The van der Waals surface area contributed by atoms with E-state index in [1.54, 1.807) is 22.6 Å². The van der Waals surface area contributed by atoms with Crippen LogP contribution >= 0.6 is 11.8 Å². The molecule has 2 aromatic rings. The molecule has 9 heteroatoms. The van der Waals surface area contributed by atoms with Crippen molar-refractivity contribution in [2.75, 3.05) is 5.75 Å². The summed E-state index contributed by atoms with van der Waals surface area (Å²) in [6.45, 7) is 2.62. The van der Waals surface area contributed by atoms with Gasteiger partial charge in [-0.05, 0) is 4.92 Å². The Hall–Kier alpha value is -1.90. The smallest absolute Gasteiger partial charge is 0.358 e. The van der Waals surface area contributed by atoms with Crippen LogP contribution in [0.5, 0.6) is 0 Å². The molecule has 0 N–H and O–H groups in total. The Kier molecular flexibility index (Phi) is 4.15. The molecule has 2 heterocycles. The van der Waals surface area contributed by atoms with E-state index in [1.165, 1.54) is 6.07 Å². The molecule has 0 spiro atoms. The number of nitrogens with zero attached hydrogens (tertiary/aromatic N) is 6. The van der Waals surface area contributed by atoms with Crippen LogP contribution in [0.25, 0.3) is 0 Å². The van der Waals surface area contributed by atoms with Gasteiger partial charge in [0.2, 0.25) is 0 Å². The normalized spacial score (nSPS) is 10.8. The minimum Gasteiger partial charge on any atom is -0.358 e. The average Bonchev–Trinajstić information content (AvgIpc) is 2.98. The van der Waals surface area contributed by atoms with Gasteiger partial charge < -0.3 is 14.7 Å². The van der Waals surface area contributed by atoms with E-state index in [2.05, 4.69) is 15.3 Å². The number of rotatable bonds is 6. The topological polar surface area (TPSA) is 91.7 Å². The van der Waals surface area contributed by atoms with Gasteiger partial charge >= 0.3 is 5.82 Å². The fraction of sp³-hybridized carbons (Fsp3) is 0.500. The average molecular weight is 282 g/mol. The third-order valence-electron chi connectivity index (χ3n) is 2.61. The Morgan fingerprint density at radius 2 is 2.26 bits per heavy atom. The first kappa shape index (κ1) is 13.5. The van der Waals surface area contributed by atoms with E-state index in [1.807, 2.05) is 18.5 Å². The van der Waals surface area contributed by atoms with Crippen LogP contribution in [0.1, 0.15) is 12.7 Å². The van der Waals surface area contributed by atoms with Gasteiger partial charge in [-0.15, -0.1) is 10.2 Å². The second-order valence-corrected chi connectivity index (χ2v) is 4.92. The van der Waals surface area contributed by atoms with E-state index < -0.39 is 4.92 Å². The van der Waals surface area contributed by atoms with E-state index in [4.69, 9.17) is 0 Å². The zero-order valence-electron chi connectivity index (χ0n) is 10.7. The lowest BCUT2D eigenvalue weighted by molar-refractivity contribution is -0.389. The molecule has 0 bridgehead atoms. The van der Waals surface area contributed by atoms with Crippen LogP contribution in [0.4, 0.5) is 5.82 Å². The first-order chi connectivity index (χ1) is 9.11. The van der Waals surface area contributed by atoms with Crippen LogP contribution in [0.2, 0.25) is 0 Å². The largest absolute Gasteiger partial charge is 0.389 e. The standard InChI is InChI=1S/C10H14N6O2S/c1-3-8-11-12-10(14(8)2)19-7-6-15-5-4-9(13-15)16(17)18/h4-5H,3,6-7H2,1-2H3. The van der Waals surface area contributed by atoms with Gasteiger partial charge in [0.15, 0.2) is 5.16 Å². The lowest BCUT2D eigenvalue weighted by Crippen LogP contribution is -2.03. The van der Waals surface area contributed by atoms with Crippen LogP contribution in [0, 0.1) is 10.1 Å². The third-order valence-corrected chi connectivity index (χ3v) is 3.61. The molecular weight excluding hydrogens is 268 g/mol. The summed E-state index contributed by atoms with van der Waals surface area (Å²) in [5.41, 5.74) is 0.